The van der Waals surface area contributed by atoms with E-state index >= 15 is 0 Å². The number of benzene rings is 2. The Hall–Kier alpha value is -0.480. The van der Waals surface area contributed by atoms with Gasteiger partial charge < -0.3 is 5.73 Å². The van der Waals surface area contributed by atoms with E-state index in [1.807, 2.05) is 18.2 Å². The third-order valence-corrected chi connectivity index (χ3v) is 4.44. The summed E-state index contributed by atoms with van der Waals surface area (Å²) in [6, 6.07) is 14.3. The predicted octanol–water partition coefficient (Wildman–Crippen LogP) is 4.75. The van der Waals surface area contributed by atoms with E-state index in [1.54, 1.807) is 11.8 Å². The number of nitrogens with two attached hydrogens (primary N) is 1. The van der Waals surface area contributed by atoms with Crippen molar-refractivity contribution < 1.29 is 0 Å². The second-order valence-electron chi connectivity index (χ2n) is 3.86. The van der Waals surface area contributed by atoms with E-state index in [2.05, 4.69) is 40.2 Å². The lowest BCUT2D eigenvalue weighted by Gasteiger charge is -2.07. The van der Waals surface area contributed by atoms with Crippen LogP contribution in [0.25, 0.3) is 0 Å². The third kappa shape index (κ3) is 3.75. The molecule has 4 heteroatoms. The molecule has 0 radical (unpaired) electrons. The molecule has 0 aliphatic carbocycles. The van der Waals surface area contributed by atoms with Crippen LogP contribution in [0.1, 0.15) is 5.56 Å². The highest BCUT2D eigenvalue weighted by molar-refractivity contribution is 9.10. The van der Waals surface area contributed by atoms with Gasteiger partial charge in [-0.1, -0.05) is 51.4 Å². The van der Waals surface area contributed by atoms with Gasteiger partial charge in [-0.15, -0.1) is 0 Å². The normalized spacial score (nSPS) is 10.6. The van der Waals surface area contributed by atoms with Crippen LogP contribution in [0, 0.1) is 0 Å². The van der Waals surface area contributed by atoms with Crippen molar-refractivity contribution in [2.45, 2.75) is 16.2 Å². The minimum atomic E-state index is 0.647. The van der Waals surface area contributed by atoms with Crippen LogP contribution in [0.4, 0.5) is 0 Å². The van der Waals surface area contributed by atoms with E-state index in [-0.39, 0.29) is 0 Å². The highest BCUT2D eigenvalue weighted by Crippen LogP contribution is 2.34. The number of hydrogen-bond acceptors (Lipinski definition) is 2. The van der Waals surface area contributed by atoms with Crippen LogP contribution in [-0.4, -0.2) is 6.54 Å². The molecule has 2 aromatic carbocycles. The molecule has 0 aromatic heterocycles. The Bertz CT molecular complexity index is 545. The Kier molecular flexibility index (Phi) is 5.13. The maximum Gasteiger partial charge on any atom is 0.0548 e. The van der Waals surface area contributed by atoms with E-state index in [1.165, 1.54) is 5.56 Å². The molecule has 0 amide bonds. The molecule has 0 atom stereocenters. The lowest BCUT2D eigenvalue weighted by molar-refractivity contribution is 0.966. The van der Waals surface area contributed by atoms with Gasteiger partial charge in [-0.05, 0) is 48.9 Å². The number of hydrogen-bond donors (Lipinski definition) is 1. The molecule has 1 nitrogen and oxygen atoms in total. The Morgan fingerprint density at radius 3 is 2.67 bits per heavy atom. The third-order valence-electron chi connectivity index (χ3n) is 2.45. The first kappa shape index (κ1) is 13.9. The minimum absolute atomic E-state index is 0.647. The van der Waals surface area contributed by atoms with E-state index in [0.717, 1.165) is 25.7 Å². The van der Waals surface area contributed by atoms with Crippen LogP contribution in [0.15, 0.2) is 56.7 Å². The molecular formula is C14H13BrClNS. The van der Waals surface area contributed by atoms with Crippen LogP contribution in [0.5, 0.6) is 0 Å². The lowest BCUT2D eigenvalue weighted by Crippen LogP contribution is -2.02. The van der Waals surface area contributed by atoms with Gasteiger partial charge in [-0.3, -0.25) is 0 Å². The molecular weight excluding hydrogens is 330 g/mol. The largest absolute Gasteiger partial charge is 0.330 e. The van der Waals surface area contributed by atoms with E-state index in [4.69, 9.17) is 17.3 Å². The van der Waals surface area contributed by atoms with Crippen LogP contribution in [0.3, 0.4) is 0 Å². The van der Waals surface area contributed by atoms with Gasteiger partial charge in [0, 0.05) is 14.3 Å². The summed E-state index contributed by atoms with van der Waals surface area (Å²) < 4.78 is 1.07. The molecule has 0 saturated carbocycles. The van der Waals surface area contributed by atoms with E-state index in [0.29, 0.717) is 6.54 Å². The zero-order chi connectivity index (χ0) is 13.0. The fraction of sp³-hybridized carbons (Fsp3) is 0.143. The molecule has 0 unspecified atom stereocenters. The molecule has 2 rings (SSSR count). The highest BCUT2D eigenvalue weighted by atomic mass is 79.9. The zero-order valence-electron chi connectivity index (χ0n) is 9.70. The summed E-state index contributed by atoms with van der Waals surface area (Å²) in [7, 11) is 0. The minimum Gasteiger partial charge on any atom is -0.330 e. The van der Waals surface area contributed by atoms with Gasteiger partial charge >= 0.3 is 0 Å². The van der Waals surface area contributed by atoms with Crippen molar-refractivity contribution in [1.82, 2.24) is 0 Å². The second kappa shape index (κ2) is 6.62. The summed E-state index contributed by atoms with van der Waals surface area (Å²) in [6.07, 6.45) is 0.863. The Morgan fingerprint density at radius 1 is 1.17 bits per heavy atom. The van der Waals surface area contributed by atoms with Gasteiger partial charge in [-0.25, -0.2) is 0 Å². The lowest BCUT2D eigenvalue weighted by atomic mass is 10.1. The van der Waals surface area contributed by atoms with Gasteiger partial charge in [0.1, 0.15) is 0 Å². The van der Waals surface area contributed by atoms with Crippen LogP contribution >= 0.6 is 39.3 Å². The van der Waals surface area contributed by atoms with Gasteiger partial charge in [0.05, 0.1) is 5.02 Å². The molecule has 2 aromatic rings. The molecule has 94 valence electrons. The molecule has 0 aliphatic heterocycles. The SMILES string of the molecule is NCCc1ccc(Sc2cccc(Br)c2)c(Cl)c1. The zero-order valence-corrected chi connectivity index (χ0v) is 12.9. The van der Waals surface area contributed by atoms with Crippen molar-refractivity contribution in [3.8, 4) is 0 Å². The Morgan fingerprint density at radius 2 is 2.00 bits per heavy atom. The average Bonchev–Trinajstić information content (AvgIpc) is 2.33. The molecule has 0 saturated heterocycles. The van der Waals surface area contributed by atoms with Crippen LogP contribution in [0.2, 0.25) is 5.02 Å². The topological polar surface area (TPSA) is 26.0 Å². The van der Waals surface area contributed by atoms with Gasteiger partial charge in [0.2, 0.25) is 0 Å². The summed E-state index contributed by atoms with van der Waals surface area (Å²) in [6.45, 7) is 0.647. The van der Waals surface area contributed by atoms with E-state index in [9.17, 15) is 0 Å². The predicted molar refractivity (Wildman–Crippen MR) is 82.5 cm³/mol. The van der Waals surface area contributed by atoms with Crippen LogP contribution in [-0.2, 0) is 6.42 Å². The summed E-state index contributed by atoms with van der Waals surface area (Å²) >= 11 is 11.4. The van der Waals surface area contributed by atoms with Crippen molar-refractivity contribution in [3.05, 3.63) is 57.5 Å². The van der Waals surface area contributed by atoms with Crippen molar-refractivity contribution in [2.75, 3.05) is 6.54 Å². The molecule has 0 aliphatic rings. The summed E-state index contributed by atoms with van der Waals surface area (Å²) in [5, 5.41) is 0.783. The number of rotatable bonds is 4. The molecule has 2 N–H and O–H groups in total. The molecule has 0 heterocycles. The van der Waals surface area contributed by atoms with E-state index < -0.39 is 0 Å². The molecule has 0 bridgehead atoms. The Balaban J connectivity index is 2.19. The summed E-state index contributed by atoms with van der Waals surface area (Å²) in [4.78, 5) is 2.23. The smallest absolute Gasteiger partial charge is 0.0548 e. The quantitative estimate of drug-likeness (QED) is 0.867. The van der Waals surface area contributed by atoms with Crippen molar-refractivity contribution in [2.24, 2.45) is 5.73 Å². The van der Waals surface area contributed by atoms with Crippen LogP contribution < -0.4 is 5.73 Å². The molecule has 0 spiro atoms. The van der Waals surface area contributed by atoms with Crippen molar-refractivity contribution in [3.63, 3.8) is 0 Å². The van der Waals surface area contributed by atoms with Gasteiger partial charge in [0.15, 0.2) is 0 Å². The first-order valence-electron chi connectivity index (χ1n) is 5.61. The highest BCUT2D eigenvalue weighted by Gasteiger charge is 2.04. The summed E-state index contributed by atoms with van der Waals surface area (Å²) in [5.74, 6) is 0. The summed E-state index contributed by atoms with van der Waals surface area (Å²) in [5.41, 5.74) is 6.72. The Labute approximate surface area is 125 Å². The fourth-order valence-electron chi connectivity index (χ4n) is 1.61. The fourth-order valence-corrected chi connectivity index (χ4v) is 3.36. The van der Waals surface area contributed by atoms with Crippen molar-refractivity contribution >= 4 is 39.3 Å². The standard InChI is InChI=1S/C14H13BrClNS/c15-11-2-1-3-12(9-11)18-14-5-4-10(6-7-17)8-13(14)16/h1-5,8-9H,6-7,17H2. The van der Waals surface area contributed by atoms with Gasteiger partial charge in [0.25, 0.3) is 0 Å². The monoisotopic (exact) mass is 341 g/mol. The average molecular weight is 343 g/mol. The van der Waals surface area contributed by atoms with Crippen molar-refractivity contribution in [1.29, 1.82) is 0 Å². The molecule has 18 heavy (non-hydrogen) atoms. The first-order valence-corrected chi connectivity index (χ1v) is 7.59. The number of halogens is 2. The molecule has 0 fully saturated rings. The second-order valence-corrected chi connectivity index (χ2v) is 6.30. The maximum atomic E-state index is 6.28. The maximum absolute atomic E-state index is 6.28. The van der Waals surface area contributed by atoms with Gasteiger partial charge in [-0.2, -0.15) is 0 Å². The first-order chi connectivity index (χ1) is 8.69.